The zero-order chi connectivity index (χ0) is 20.1. The van der Waals surface area contributed by atoms with Gasteiger partial charge >= 0.3 is 0 Å². The molecule has 0 aliphatic rings. The number of nitrogens with zero attached hydrogens (tertiary/aromatic N) is 1. The molecule has 0 atom stereocenters. The maximum absolute atomic E-state index is 13.0. The van der Waals surface area contributed by atoms with E-state index in [1.807, 2.05) is 50.2 Å². The third-order valence-corrected chi connectivity index (χ3v) is 5.28. The lowest BCUT2D eigenvalue weighted by Gasteiger charge is -2.21. The summed E-state index contributed by atoms with van der Waals surface area (Å²) in [6.45, 7) is 4.45. The first-order valence-corrected chi connectivity index (χ1v) is 9.83. The first-order valence-electron chi connectivity index (χ1n) is 9.04. The van der Waals surface area contributed by atoms with Gasteiger partial charge in [0.15, 0.2) is 0 Å². The third-order valence-electron chi connectivity index (χ3n) is 4.43. The highest BCUT2D eigenvalue weighted by molar-refractivity contribution is 9.10. The molecule has 0 bridgehead atoms. The van der Waals surface area contributed by atoms with Gasteiger partial charge < -0.3 is 10.2 Å². The van der Waals surface area contributed by atoms with Gasteiger partial charge in [-0.15, -0.1) is 0 Å². The van der Waals surface area contributed by atoms with Crippen molar-refractivity contribution in [1.82, 2.24) is 0 Å². The van der Waals surface area contributed by atoms with Crippen LogP contribution in [0.1, 0.15) is 33.2 Å². The molecule has 0 aliphatic heterocycles. The molecule has 0 aliphatic carbocycles. The van der Waals surface area contributed by atoms with E-state index in [4.69, 9.17) is 0 Å². The molecular formula is C23H21BrN2O2. The predicted octanol–water partition coefficient (Wildman–Crippen LogP) is 5.68. The Hall–Kier alpha value is -2.92. The lowest BCUT2D eigenvalue weighted by molar-refractivity contribution is 0.0985. The van der Waals surface area contributed by atoms with Gasteiger partial charge in [0.1, 0.15) is 0 Å². The Morgan fingerprint density at radius 3 is 2.36 bits per heavy atom. The summed E-state index contributed by atoms with van der Waals surface area (Å²) in [5.41, 5.74) is 3.55. The van der Waals surface area contributed by atoms with Gasteiger partial charge in [-0.2, -0.15) is 0 Å². The van der Waals surface area contributed by atoms with Gasteiger partial charge in [-0.3, -0.25) is 9.59 Å². The molecule has 0 spiro atoms. The molecular weight excluding hydrogens is 416 g/mol. The summed E-state index contributed by atoms with van der Waals surface area (Å²) in [5, 5.41) is 2.87. The van der Waals surface area contributed by atoms with Crippen LogP contribution >= 0.6 is 15.9 Å². The van der Waals surface area contributed by atoms with Crippen molar-refractivity contribution in [3.8, 4) is 0 Å². The van der Waals surface area contributed by atoms with Crippen molar-refractivity contribution in [2.45, 2.75) is 13.8 Å². The SMILES string of the molecule is CCN(C(=O)c1cccc(NC(=O)c2ccc(C)c(Br)c2)c1)c1ccccc1. The highest BCUT2D eigenvalue weighted by Crippen LogP contribution is 2.21. The number of nitrogens with one attached hydrogen (secondary N) is 1. The van der Waals surface area contributed by atoms with Crippen LogP contribution in [0.25, 0.3) is 0 Å². The number of amides is 2. The zero-order valence-electron chi connectivity index (χ0n) is 15.8. The lowest BCUT2D eigenvalue weighted by Crippen LogP contribution is -2.30. The van der Waals surface area contributed by atoms with Gasteiger partial charge in [-0.1, -0.05) is 46.3 Å². The van der Waals surface area contributed by atoms with Crippen LogP contribution in [-0.2, 0) is 0 Å². The van der Waals surface area contributed by atoms with Crippen molar-refractivity contribution in [1.29, 1.82) is 0 Å². The van der Waals surface area contributed by atoms with Crippen molar-refractivity contribution in [2.24, 2.45) is 0 Å². The van der Waals surface area contributed by atoms with E-state index < -0.39 is 0 Å². The molecule has 0 aromatic heterocycles. The molecule has 5 heteroatoms. The number of aryl methyl sites for hydroxylation is 1. The molecule has 142 valence electrons. The van der Waals surface area contributed by atoms with Gasteiger partial charge in [-0.25, -0.2) is 0 Å². The van der Waals surface area contributed by atoms with E-state index in [9.17, 15) is 9.59 Å². The van der Waals surface area contributed by atoms with E-state index in [1.54, 1.807) is 41.3 Å². The predicted molar refractivity (Wildman–Crippen MR) is 117 cm³/mol. The standard InChI is InChI=1S/C23H21BrN2O2/c1-3-26(20-10-5-4-6-11-20)23(28)18-8-7-9-19(14-18)25-22(27)17-13-12-16(2)21(24)15-17/h4-15H,3H2,1-2H3,(H,25,27). The van der Waals surface area contributed by atoms with E-state index in [2.05, 4.69) is 21.2 Å². The second kappa shape index (κ2) is 8.85. The minimum atomic E-state index is -0.222. The van der Waals surface area contributed by atoms with Gasteiger partial charge in [-0.05, 0) is 61.9 Å². The highest BCUT2D eigenvalue weighted by atomic mass is 79.9. The molecule has 3 rings (SSSR count). The number of hydrogen-bond donors (Lipinski definition) is 1. The Bertz CT molecular complexity index is 1000. The molecule has 2 amide bonds. The number of halogens is 1. The zero-order valence-corrected chi connectivity index (χ0v) is 17.4. The maximum atomic E-state index is 13.0. The highest BCUT2D eigenvalue weighted by Gasteiger charge is 2.17. The van der Waals surface area contributed by atoms with Crippen molar-refractivity contribution < 1.29 is 9.59 Å². The minimum Gasteiger partial charge on any atom is -0.322 e. The average Bonchev–Trinajstić information content (AvgIpc) is 2.71. The van der Waals surface area contributed by atoms with Crippen LogP contribution in [0.15, 0.2) is 77.3 Å². The largest absolute Gasteiger partial charge is 0.322 e. The fourth-order valence-electron chi connectivity index (χ4n) is 2.87. The summed E-state index contributed by atoms with van der Waals surface area (Å²) < 4.78 is 0.880. The molecule has 0 fully saturated rings. The van der Waals surface area contributed by atoms with Crippen LogP contribution in [-0.4, -0.2) is 18.4 Å². The van der Waals surface area contributed by atoms with Crippen LogP contribution < -0.4 is 10.2 Å². The van der Waals surface area contributed by atoms with Gasteiger partial charge in [0.05, 0.1) is 0 Å². The molecule has 0 unspecified atom stereocenters. The second-order valence-corrected chi connectivity index (χ2v) is 7.24. The summed E-state index contributed by atoms with van der Waals surface area (Å²) in [7, 11) is 0. The number of carbonyl (C=O) groups is 2. The number of benzene rings is 3. The van der Waals surface area contributed by atoms with Crippen molar-refractivity contribution in [3.63, 3.8) is 0 Å². The maximum Gasteiger partial charge on any atom is 0.258 e. The van der Waals surface area contributed by atoms with Crippen LogP contribution in [0.3, 0.4) is 0 Å². The monoisotopic (exact) mass is 436 g/mol. The van der Waals surface area contributed by atoms with Gasteiger partial charge in [0.2, 0.25) is 0 Å². The van der Waals surface area contributed by atoms with Crippen molar-refractivity contribution >= 4 is 39.1 Å². The van der Waals surface area contributed by atoms with Crippen LogP contribution in [0, 0.1) is 6.92 Å². The van der Waals surface area contributed by atoms with E-state index in [0.717, 1.165) is 15.7 Å². The van der Waals surface area contributed by atoms with Crippen LogP contribution in [0.4, 0.5) is 11.4 Å². The normalized spacial score (nSPS) is 10.4. The van der Waals surface area contributed by atoms with Crippen LogP contribution in [0.5, 0.6) is 0 Å². The average molecular weight is 437 g/mol. The van der Waals surface area contributed by atoms with Crippen molar-refractivity contribution in [3.05, 3.63) is 94.0 Å². The molecule has 3 aromatic rings. The Balaban J connectivity index is 1.80. The fraction of sp³-hybridized carbons (Fsp3) is 0.130. The molecule has 1 N–H and O–H groups in total. The topological polar surface area (TPSA) is 49.4 Å². The number of hydrogen-bond acceptors (Lipinski definition) is 2. The lowest BCUT2D eigenvalue weighted by atomic mass is 10.1. The first kappa shape index (κ1) is 19.8. The molecule has 3 aromatic carbocycles. The molecule has 0 radical (unpaired) electrons. The summed E-state index contributed by atoms with van der Waals surface area (Å²) in [6.07, 6.45) is 0. The molecule has 0 heterocycles. The van der Waals surface area contributed by atoms with E-state index in [-0.39, 0.29) is 11.8 Å². The van der Waals surface area contributed by atoms with Gasteiger partial charge in [0.25, 0.3) is 11.8 Å². The number of rotatable bonds is 5. The Kier molecular flexibility index (Phi) is 6.26. The van der Waals surface area contributed by atoms with Gasteiger partial charge in [0, 0.05) is 33.5 Å². The third kappa shape index (κ3) is 4.49. The summed E-state index contributed by atoms with van der Waals surface area (Å²) in [6, 6.07) is 22.0. The second-order valence-electron chi connectivity index (χ2n) is 6.38. The molecule has 4 nitrogen and oxygen atoms in total. The number of para-hydroxylation sites is 1. The van der Waals surface area contributed by atoms with E-state index in [0.29, 0.717) is 23.4 Å². The van der Waals surface area contributed by atoms with E-state index >= 15 is 0 Å². The first-order chi connectivity index (χ1) is 13.5. The molecule has 0 saturated carbocycles. The molecule has 0 saturated heterocycles. The Morgan fingerprint density at radius 2 is 1.68 bits per heavy atom. The van der Waals surface area contributed by atoms with E-state index in [1.165, 1.54) is 0 Å². The van der Waals surface area contributed by atoms with Crippen molar-refractivity contribution in [2.75, 3.05) is 16.8 Å². The molecule has 28 heavy (non-hydrogen) atoms. The quantitative estimate of drug-likeness (QED) is 0.559. The summed E-state index contributed by atoms with van der Waals surface area (Å²) in [5.74, 6) is -0.330. The summed E-state index contributed by atoms with van der Waals surface area (Å²) in [4.78, 5) is 27.2. The minimum absolute atomic E-state index is 0.108. The Labute approximate surface area is 173 Å². The van der Waals surface area contributed by atoms with Crippen LogP contribution in [0.2, 0.25) is 0 Å². The Morgan fingerprint density at radius 1 is 0.929 bits per heavy atom. The summed E-state index contributed by atoms with van der Waals surface area (Å²) >= 11 is 3.45. The number of carbonyl (C=O) groups excluding carboxylic acids is 2. The fourth-order valence-corrected chi connectivity index (χ4v) is 3.25. The number of anilines is 2. The smallest absolute Gasteiger partial charge is 0.258 e.